The Bertz CT molecular complexity index is 1610. The molecule has 10 heteroatoms. The van der Waals surface area contributed by atoms with Gasteiger partial charge in [0.1, 0.15) is 25.9 Å². The number of piperidine rings is 1. The van der Waals surface area contributed by atoms with E-state index in [4.69, 9.17) is 23.7 Å². The molecule has 10 nitrogen and oxygen atoms in total. The quantitative estimate of drug-likeness (QED) is 0.0227. The van der Waals surface area contributed by atoms with Crippen molar-refractivity contribution in [2.75, 3.05) is 65.7 Å². The van der Waals surface area contributed by atoms with Crippen molar-refractivity contribution in [1.29, 1.82) is 0 Å². The van der Waals surface area contributed by atoms with E-state index in [1.165, 1.54) is 52.7 Å². The van der Waals surface area contributed by atoms with E-state index < -0.39 is 0 Å². The van der Waals surface area contributed by atoms with E-state index in [9.17, 15) is 14.4 Å². The molecule has 4 atom stereocenters. The molecule has 2 fully saturated rings. The number of carbonyl (C=O) groups excluding carboxylic acids is 3. The van der Waals surface area contributed by atoms with Gasteiger partial charge in [-0.1, -0.05) is 76.3 Å². The van der Waals surface area contributed by atoms with E-state index in [1.807, 2.05) is 0 Å². The standard InChI is InChI=1S/C54H86N2O8/c1-42(2)14-10-16-44(5)18-12-20-46-22-26-48(27-23-46)52(58)61-39-38-60-51(57)31-35-56(37-36-55-32-8-7-9-33-55)34-30-50-54(64-50)63-41-40-62-53(59)49-28-24-47(25-29-49)21-13-19-45(6)17-11-15-43(3)4/h14-15,18-19,22,24,48-50,54H,7-13,16-17,20-21,23,25-41H2,1-6H3/b44-18+,45-19+. The van der Waals surface area contributed by atoms with E-state index >= 15 is 0 Å². The lowest BCUT2D eigenvalue weighted by atomic mass is 9.87. The van der Waals surface area contributed by atoms with E-state index in [1.54, 1.807) is 0 Å². The lowest BCUT2D eigenvalue weighted by Gasteiger charge is -2.30. The minimum Gasteiger partial charge on any atom is -0.463 e. The molecular formula is C54H86N2O8. The average Bonchev–Trinajstić information content (AvgIpc) is 4.04. The smallest absolute Gasteiger partial charge is 0.309 e. The van der Waals surface area contributed by atoms with Crippen molar-refractivity contribution in [1.82, 2.24) is 9.80 Å². The summed E-state index contributed by atoms with van der Waals surface area (Å²) in [6, 6.07) is 0. The van der Waals surface area contributed by atoms with Crippen LogP contribution in [-0.2, 0) is 38.1 Å². The number of likely N-dealkylation sites (tertiary alicyclic amines) is 1. The number of carbonyl (C=O) groups is 3. The van der Waals surface area contributed by atoms with Crippen LogP contribution < -0.4 is 0 Å². The van der Waals surface area contributed by atoms with Crippen LogP contribution in [0.3, 0.4) is 0 Å². The summed E-state index contributed by atoms with van der Waals surface area (Å²) in [7, 11) is 0. The third-order valence-corrected chi connectivity index (χ3v) is 13.1. The molecule has 2 heterocycles. The molecule has 0 spiro atoms. The molecule has 0 aromatic rings. The van der Waals surface area contributed by atoms with Gasteiger partial charge in [-0.25, -0.2) is 0 Å². The lowest BCUT2D eigenvalue weighted by molar-refractivity contribution is -0.155. The van der Waals surface area contributed by atoms with Crippen molar-refractivity contribution in [2.24, 2.45) is 11.8 Å². The zero-order chi connectivity index (χ0) is 45.9. The second-order valence-electron chi connectivity index (χ2n) is 19.2. The molecule has 4 unspecified atom stereocenters. The van der Waals surface area contributed by atoms with Crippen molar-refractivity contribution >= 4 is 17.9 Å². The van der Waals surface area contributed by atoms with Gasteiger partial charge in [-0.05, 0) is 164 Å². The number of allylic oxidation sites excluding steroid dienone is 12. The highest BCUT2D eigenvalue weighted by atomic mass is 16.8. The third-order valence-electron chi connectivity index (χ3n) is 13.1. The second-order valence-corrected chi connectivity index (χ2v) is 19.2. The van der Waals surface area contributed by atoms with Crippen molar-refractivity contribution in [3.05, 3.63) is 69.9 Å². The Morgan fingerprint density at radius 2 is 1.20 bits per heavy atom. The fourth-order valence-electron chi connectivity index (χ4n) is 8.80. The topological polar surface area (TPSA) is 107 Å². The van der Waals surface area contributed by atoms with Crippen LogP contribution in [0.15, 0.2) is 69.9 Å². The van der Waals surface area contributed by atoms with Gasteiger partial charge < -0.3 is 33.5 Å². The number of epoxide rings is 1. The largest absolute Gasteiger partial charge is 0.463 e. The maximum Gasteiger partial charge on any atom is 0.309 e. The fourth-order valence-corrected chi connectivity index (χ4v) is 8.80. The van der Waals surface area contributed by atoms with Gasteiger partial charge in [-0.15, -0.1) is 0 Å². The number of rotatable bonds is 30. The highest BCUT2D eigenvalue weighted by Gasteiger charge is 2.40. The molecule has 0 saturated carbocycles. The van der Waals surface area contributed by atoms with Crippen LogP contribution in [0.4, 0.5) is 0 Å². The second kappa shape index (κ2) is 30.8. The molecule has 2 aliphatic carbocycles. The van der Waals surface area contributed by atoms with Gasteiger partial charge in [0.05, 0.1) is 24.9 Å². The molecule has 0 aromatic carbocycles. The molecule has 360 valence electrons. The Hall–Kier alpha value is -3.31. The first-order chi connectivity index (χ1) is 30.9. The van der Waals surface area contributed by atoms with Crippen LogP contribution in [0.5, 0.6) is 0 Å². The van der Waals surface area contributed by atoms with E-state index in [2.05, 4.69) is 87.8 Å². The fraction of sp³-hybridized carbons (Fsp3) is 0.722. The Kier molecular flexibility index (Phi) is 25.7. The highest BCUT2D eigenvalue weighted by molar-refractivity contribution is 5.73. The Balaban J connectivity index is 1.05. The van der Waals surface area contributed by atoms with Gasteiger partial charge in [-0.3, -0.25) is 14.4 Å². The van der Waals surface area contributed by atoms with Crippen molar-refractivity contribution in [2.45, 2.75) is 176 Å². The maximum absolute atomic E-state index is 12.8. The number of ether oxygens (including phenoxy) is 5. The Morgan fingerprint density at radius 3 is 1.73 bits per heavy atom. The Morgan fingerprint density at radius 1 is 0.656 bits per heavy atom. The normalized spacial score (nSPS) is 21.7. The minimum atomic E-state index is -0.286. The molecule has 0 aromatic heterocycles. The van der Waals surface area contributed by atoms with Crippen molar-refractivity contribution in [3.63, 3.8) is 0 Å². The number of esters is 3. The molecule has 0 bridgehead atoms. The summed E-state index contributed by atoms with van der Waals surface area (Å²) in [5, 5.41) is 0. The number of hydrogen-bond donors (Lipinski definition) is 0. The first-order valence-electron chi connectivity index (χ1n) is 25.1. The van der Waals surface area contributed by atoms with Crippen LogP contribution in [-0.4, -0.2) is 106 Å². The average molecular weight is 891 g/mol. The molecule has 2 aliphatic heterocycles. The van der Waals surface area contributed by atoms with Crippen LogP contribution in [0, 0.1) is 11.8 Å². The van der Waals surface area contributed by atoms with Crippen LogP contribution in [0.25, 0.3) is 0 Å². The molecule has 4 aliphatic rings. The van der Waals surface area contributed by atoms with Gasteiger partial charge >= 0.3 is 17.9 Å². The molecule has 0 N–H and O–H groups in total. The third kappa shape index (κ3) is 23.2. The SMILES string of the molecule is CC(C)=CCC/C(C)=C/CCC1=CCC(C(=O)OCCOC(=O)CCN(CCC2OC2OCCOC(=O)C2CC=C(CC/C=C(\C)CCC=C(C)C)CC2)CCN2CCCCC2)CC1. The van der Waals surface area contributed by atoms with E-state index in [-0.39, 0.29) is 68.4 Å². The summed E-state index contributed by atoms with van der Waals surface area (Å²) in [5.74, 6) is -0.807. The summed E-state index contributed by atoms with van der Waals surface area (Å²) >= 11 is 0. The van der Waals surface area contributed by atoms with E-state index in [0.29, 0.717) is 19.6 Å². The highest BCUT2D eigenvalue weighted by Crippen LogP contribution is 2.30. The lowest BCUT2D eigenvalue weighted by Crippen LogP contribution is -2.39. The zero-order valence-corrected chi connectivity index (χ0v) is 40.9. The van der Waals surface area contributed by atoms with Crippen LogP contribution in [0.1, 0.15) is 164 Å². The minimum absolute atomic E-state index is 0.00646. The first-order valence-corrected chi connectivity index (χ1v) is 25.1. The van der Waals surface area contributed by atoms with E-state index in [0.717, 1.165) is 123 Å². The van der Waals surface area contributed by atoms with Gasteiger partial charge in [0.25, 0.3) is 0 Å². The monoisotopic (exact) mass is 891 g/mol. The first kappa shape index (κ1) is 53.3. The van der Waals surface area contributed by atoms with Crippen molar-refractivity contribution in [3.8, 4) is 0 Å². The summed E-state index contributed by atoms with van der Waals surface area (Å²) in [6.07, 6.45) is 32.0. The molecule has 2 saturated heterocycles. The van der Waals surface area contributed by atoms with Gasteiger partial charge in [-0.2, -0.15) is 0 Å². The van der Waals surface area contributed by atoms with Gasteiger partial charge in [0.15, 0.2) is 6.29 Å². The van der Waals surface area contributed by atoms with Crippen molar-refractivity contribution < 1.29 is 38.1 Å². The molecular weight excluding hydrogens is 805 g/mol. The molecule has 0 radical (unpaired) electrons. The van der Waals surface area contributed by atoms with Gasteiger partial charge in [0, 0.05) is 26.2 Å². The molecule has 64 heavy (non-hydrogen) atoms. The summed E-state index contributed by atoms with van der Waals surface area (Å²) in [5.41, 5.74) is 8.52. The zero-order valence-electron chi connectivity index (χ0n) is 40.9. The maximum atomic E-state index is 12.8. The summed E-state index contributed by atoms with van der Waals surface area (Å²) in [6.45, 7) is 19.2. The summed E-state index contributed by atoms with van der Waals surface area (Å²) in [4.78, 5) is 43.1. The van der Waals surface area contributed by atoms with Crippen LogP contribution in [0.2, 0.25) is 0 Å². The summed E-state index contributed by atoms with van der Waals surface area (Å²) < 4.78 is 28.3. The van der Waals surface area contributed by atoms with Gasteiger partial charge in [0.2, 0.25) is 0 Å². The molecule has 0 amide bonds. The molecule has 4 rings (SSSR count). The Labute approximate surface area is 387 Å². The van der Waals surface area contributed by atoms with Crippen LogP contribution >= 0.6 is 0 Å². The predicted molar refractivity (Wildman–Crippen MR) is 258 cm³/mol. The predicted octanol–water partition coefficient (Wildman–Crippen LogP) is 11.3. The number of hydrogen-bond acceptors (Lipinski definition) is 10. The number of nitrogens with zero attached hydrogens (tertiary/aromatic N) is 2.